The summed E-state index contributed by atoms with van der Waals surface area (Å²) in [4.78, 5) is 0. The maximum Gasteiger partial charge on any atom is 0.214 e. The van der Waals surface area contributed by atoms with Crippen LogP contribution >= 0.6 is 0 Å². The first-order valence-electron chi connectivity index (χ1n) is 4.18. The van der Waals surface area contributed by atoms with Gasteiger partial charge in [0, 0.05) is 6.04 Å². The fourth-order valence-corrected chi connectivity index (χ4v) is 2.01. The largest absolute Gasteiger partial charge is 0.214 e. The number of rotatable bonds is 3. The van der Waals surface area contributed by atoms with Crippen LogP contribution in [-0.2, 0) is 10.0 Å². The lowest BCUT2D eigenvalue weighted by atomic mass is 10.3. The highest BCUT2D eigenvalue weighted by atomic mass is 32.2. The summed E-state index contributed by atoms with van der Waals surface area (Å²) >= 11 is 0. The zero-order valence-corrected chi connectivity index (χ0v) is 8.26. The van der Waals surface area contributed by atoms with Gasteiger partial charge in [-0.15, -0.1) is 0 Å². The first-order valence-corrected chi connectivity index (χ1v) is 5.73. The van der Waals surface area contributed by atoms with Crippen molar-refractivity contribution in [3.63, 3.8) is 0 Å². The predicted molar refractivity (Wildman–Crippen MR) is 49.4 cm³/mol. The number of nitrogens with one attached hydrogen (secondary N) is 1. The second kappa shape index (κ2) is 3.58. The molecule has 0 radical (unpaired) electrons. The van der Waals surface area contributed by atoms with Crippen molar-refractivity contribution >= 4 is 10.0 Å². The van der Waals surface area contributed by atoms with Gasteiger partial charge in [-0.1, -0.05) is 12.2 Å². The maximum absolute atomic E-state index is 11.3. The van der Waals surface area contributed by atoms with E-state index in [4.69, 9.17) is 0 Å². The van der Waals surface area contributed by atoms with Crippen molar-refractivity contribution in [1.82, 2.24) is 4.72 Å². The quantitative estimate of drug-likeness (QED) is 0.674. The minimum Gasteiger partial charge on any atom is -0.212 e. The summed E-state index contributed by atoms with van der Waals surface area (Å²) in [7, 11) is -3.07. The minimum absolute atomic E-state index is 0.0948. The number of sulfonamides is 1. The van der Waals surface area contributed by atoms with E-state index < -0.39 is 10.0 Å². The van der Waals surface area contributed by atoms with Gasteiger partial charge in [-0.25, -0.2) is 13.1 Å². The summed E-state index contributed by atoms with van der Waals surface area (Å²) in [5, 5.41) is -0.335. The Morgan fingerprint density at radius 3 is 2.25 bits per heavy atom. The molecule has 0 aliphatic heterocycles. The van der Waals surface area contributed by atoms with Crippen molar-refractivity contribution in [2.75, 3.05) is 0 Å². The van der Waals surface area contributed by atoms with Crippen molar-refractivity contribution in [3.05, 3.63) is 12.2 Å². The highest BCUT2D eigenvalue weighted by molar-refractivity contribution is 7.90. The van der Waals surface area contributed by atoms with Gasteiger partial charge in [0.15, 0.2) is 0 Å². The highest BCUT2D eigenvalue weighted by Crippen LogP contribution is 2.11. The Morgan fingerprint density at radius 2 is 1.83 bits per heavy atom. The third-order valence-corrected chi connectivity index (χ3v) is 3.86. The van der Waals surface area contributed by atoms with E-state index in [0.29, 0.717) is 0 Å². The number of hydrogen-bond donors (Lipinski definition) is 1. The minimum atomic E-state index is -3.07. The van der Waals surface area contributed by atoms with Gasteiger partial charge in [0.05, 0.1) is 5.25 Å². The zero-order chi connectivity index (χ0) is 9.19. The predicted octanol–water partition coefficient (Wildman–Crippen LogP) is 1.03. The van der Waals surface area contributed by atoms with Crippen LogP contribution in [-0.4, -0.2) is 19.7 Å². The summed E-state index contributed by atoms with van der Waals surface area (Å²) < 4.78 is 25.4. The molecule has 0 spiro atoms. The first-order chi connectivity index (χ1) is 5.52. The molecule has 12 heavy (non-hydrogen) atoms. The van der Waals surface area contributed by atoms with Crippen LogP contribution in [0.15, 0.2) is 12.2 Å². The van der Waals surface area contributed by atoms with Crippen LogP contribution in [0.2, 0.25) is 0 Å². The maximum atomic E-state index is 11.3. The molecule has 1 aliphatic rings. The Balaban J connectivity index is 2.51. The summed E-state index contributed by atoms with van der Waals surface area (Å²) in [5.74, 6) is 0. The Labute approximate surface area is 73.9 Å². The van der Waals surface area contributed by atoms with E-state index in [2.05, 4.69) is 4.72 Å². The van der Waals surface area contributed by atoms with Crippen molar-refractivity contribution in [1.29, 1.82) is 0 Å². The van der Waals surface area contributed by atoms with Crippen molar-refractivity contribution in [2.45, 2.75) is 38.0 Å². The summed E-state index contributed by atoms with van der Waals surface area (Å²) in [6.45, 7) is 3.37. The Bertz CT molecular complexity index is 259. The SMILES string of the molecule is CC(C)S(=O)(=O)NC1CC=CC1. The fourth-order valence-electron chi connectivity index (χ4n) is 1.08. The van der Waals surface area contributed by atoms with Crippen molar-refractivity contribution < 1.29 is 8.42 Å². The highest BCUT2D eigenvalue weighted by Gasteiger charge is 2.21. The van der Waals surface area contributed by atoms with E-state index in [-0.39, 0.29) is 11.3 Å². The fraction of sp³-hybridized carbons (Fsp3) is 0.750. The summed E-state index contributed by atoms with van der Waals surface area (Å²) in [6.07, 6.45) is 5.67. The molecule has 0 aromatic carbocycles. The lowest BCUT2D eigenvalue weighted by Crippen LogP contribution is -2.37. The van der Waals surface area contributed by atoms with E-state index in [1.165, 1.54) is 0 Å². The molecule has 0 bridgehead atoms. The molecule has 1 N–H and O–H groups in total. The normalized spacial score (nSPS) is 19.2. The molecule has 0 aromatic heterocycles. The van der Waals surface area contributed by atoms with Gasteiger partial charge in [-0.05, 0) is 26.7 Å². The molecule has 0 aromatic rings. The second-order valence-corrected chi connectivity index (χ2v) is 5.62. The average molecular weight is 189 g/mol. The Morgan fingerprint density at radius 1 is 1.33 bits per heavy atom. The van der Waals surface area contributed by atoms with Crippen LogP contribution in [0.3, 0.4) is 0 Å². The van der Waals surface area contributed by atoms with Crippen LogP contribution in [0.25, 0.3) is 0 Å². The van der Waals surface area contributed by atoms with Gasteiger partial charge >= 0.3 is 0 Å². The van der Waals surface area contributed by atoms with Crippen LogP contribution in [0.1, 0.15) is 26.7 Å². The zero-order valence-electron chi connectivity index (χ0n) is 7.45. The standard InChI is InChI=1S/C8H15NO2S/c1-7(2)12(10,11)9-8-5-3-4-6-8/h3-4,7-9H,5-6H2,1-2H3. The lowest BCUT2D eigenvalue weighted by Gasteiger charge is -2.14. The Hall–Kier alpha value is -0.350. The van der Waals surface area contributed by atoms with E-state index in [1.54, 1.807) is 13.8 Å². The molecule has 0 saturated heterocycles. The molecule has 3 nitrogen and oxygen atoms in total. The molecule has 70 valence electrons. The lowest BCUT2D eigenvalue weighted by molar-refractivity contribution is 0.549. The van der Waals surface area contributed by atoms with Crippen molar-refractivity contribution in [2.24, 2.45) is 0 Å². The Kier molecular flexibility index (Phi) is 2.90. The second-order valence-electron chi connectivity index (χ2n) is 3.35. The van der Waals surface area contributed by atoms with Crippen LogP contribution in [0, 0.1) is 0 Å². The van der Waals surface area contributed by atoms with Crippen LogP contribution in [0.4, 0.5) is 0 Å². The molecule has 0 amide bonds. The van der Waals surface area contributed by atoms with Crippen LogP contribution < -0.4 is 4.72 Å². The van der Waals surface area contributed by atoms with E-state index in [1.807, 2.05) is 12.2 Å². The first kappa shape index (κ1) is 9.74. The molecule has 0 heterocycles. The van der Waals surface area contributed by atoms with Crippen molar-refractivity contribution in [3.8, 4) is 0 Å². The van der Waals surface area contributed by atoms with Gasteiger partial charge < -0.3 is 0 Å². The van der Waals surface area contributed by atoms with E-state index >= 15 is 0 Å². The van der Waals surface area contributed by atoms with Gasteiger partial charge in [0.25, 0.3) is 0 Å². The molecule has 1 aliphatic carbocycles. The molecular formula is C8H15NO2S. The van der Waals surface area contributed by atoms with Gasteiger partial charge in [0.2, 0.25) is 10.0 Å². The molecule has 0 saturated carbocycles. The number of hydrogen-bond acceptors (Lipinski definition) is 2. The van der Waals surface area contributed by atoms with Gasteiger partial charge in [-0.2, -0.15) is 0 Å². The van der Waals surface area contributed by atoms with Crippen LogP contribution in [0.5, 0.6) is 0 Å². The van der Waals surface area contributed by atoms with E-state index in [9.17, 15) is 8.42 Å². The summed E-state index contributed by atoms with van der Waals surface area (Å²) in [6, 6.07) is 0.0948. The molecule has 4 heteroatoms. The van der Waals surface area contributed by atoms with E-state index in [0.717, 1.165) is 12.8 Å². The molecular weight excluding hydrogens is 174 g/mol. The molecule has 0 atom stereocenters. The average Bonchev–Trinajstić information content (AvgIpc) is 2.38. The van der Waals surface area contributed by atoms with Gasteiger partial charge in [0.1, 0.15) is 0 Å². The third kappa shape index (κ3) is 2.32. The smallest absolute Gasteiger partial charge is 0.212 e. The molecule has 0 fully saturated rings. The summed E-state index contributed by atoms with van der Waals surface area (Å²) in [5.41, 5.74) is 0. The van der Waals surface area contributed by atoms with Gasteiger partial charge in [-0.3, -0.25) is 0 Å². The monoisotopic (exact) mass is 189 g/mol. The molecule has 0 unspecified atom stereocenters. The topological polar surface area (TPSA) is 46.2 Å². The third-order valence-electron chi connectivity index (χ3n) is 1.96. The molecule has 1 rings (SSSR count).